The smallest absolute Gasteiger partial charge is 0.277 e. The van der Waals surface area contributed by atoms with E-state index in [9.17, 15) is 14.4 Å². The van der Waals surface area contributed by atoms with Crippen molar-refractivity contribution in [3.63, 3.8) is 0 Å². The Morgan fingerprint density at radius 1 is 1.18 bits per heavy atom. The van der Waals surface area contributed by atoms with Gasteiger partial charge in [0, 0.05) is 16.8 Å². The van der Waals surface area contributed by atoms with Crippen molar-refractivity contribution in [2.45, 2.75) is 5.60 Å². The Balaban J connectivity index is 1.61. The minimum atomic E-state index is -1.64. The predicted octanol–water partition coefficient (Wildman–Crippen LogP) is 2.70. The Labute approximate surface area is 198 Å². The molecule has 0 aliphatic carbocycles. The summed E-state index contributed by atoms with van der Waals surface area (Å²) in [7, 11) is 1.44. The van der Waals surface area contributed by atoms with Crippen LogP contribution in [0.1, 0.15) is 20.8 Å². The fraction of sp³-hybridized carbons (Fsp3) is 0.167. The summed E-state index contributed by atoms with van der Waals surface area (Å²) < 4.78 is 10.8. The topological polar surface area (TPSA) is 129 Å². The molecule has 3 heterocycles. The number of nitrogens with zero attached hydrogens (tertiary/aromatic N) is 1. The van der Waals surface area contributed by atoms with Gasteiger partial charge in [-0.1, -0.05) is 29.4 Å². The van der Waals surface area contributed by atoms with Crippen LogP contribution in [0.25, 0.3) is 0 Å². The van der Waals surface area contributed by atoms with Crippen LogP contribution in [0.3, 0.4) is 0 Å². The molecule has 1 aromatic heterocycles. The second-order valence-electron chi connectivity index (χ2n) is 7.70. The molecule has 34 heavy (non-hydrogen) atoms. The number of para-hydroxylation sites is 1. The number of methoxy groups -OCH3 is 1. The molecule has 0 radical (unpaired) electrons. The Morgan fingerprint density at radius 3 is 2.74 bits per heavy atom. The van der Waals surface area contributed by atoms with Crippen molar-refractivity contribution in [1.82, 2.24) is 0 Å². The van der Waals surface area contributed by atoms with Gasteiger partial charge in [-0.25, -0.2) is 0 Å². The molecule has 9 nitrogen and oxygen atoms in total. The number of carbonyl (C=O) groups excluding carboxylic acids is 3. The molecule has 1 spiro atoms. The van der Waals surface area contributed by atoms with Gasteiger partial charge in [0.1, 0.15) is 11.6 Å². The normalized spacial score (nSPS) is 20.3. The molecule has 0 saturated carbocycles. The molecule has 5 rings (SSSR count). The molecular weight excluding hydrogens is 458 g/mol. The van der Waals surface area contributed by atoms with Crippen molar-refractivity contribution < 1.29 is 28.7 Å². The van der Waals surface area contributed by atoms with Crippen LogP contribution < -0.4 is 20.5 Å². The molecule has 0 saturated heterocycles. The number of fused-ring (bicyclic) bond motifs is 2. The first-order valence-electron chi connectivity index (χ1n) is 10.3. The highest BCUT2D eigenvalue weighted by molar-refractivity contribution is 7.12. The fourth-order valence-corrected chi connectivity index (χ4v) is 4.93. The zero-order valence-corrected chi connectivity index (χ0v) is 18.8. The number of primary amides is 1. The fourth-order valence-electron chi connectivity index (χ4n) is 4.23. The Bertz CT molecular complexity index is 1340. The largest absolute Gasteiger partial charge is 0.493 e. The van der Waals surface area contributed by atoms with E-state index in [2.05, 4.69) is 10.5 Å². The van der Waals surface area contributed by atoms with E-state index in [1.54, 1.807) is 60.0 Å². The van der Waals surface area contributed by atoms with Crippen LogP contribution in [0, 0.1) is 5.92 Å². The molecule has 0 unspecified atom stereocenters. The van der Waals surface area contributed by atoms with Crippen LogP contribution in [0.15, 0.2) is 65.1 Å². The molecule has 10 heteroatoms. The van der Waals surface area contributed by atoms with Gasteiger partial charge < -0.3 is 25.4 Å². The number of hydrogen-bond acceptors (Lipinski definition) is 8. The number of Topliss-reactive ketones (excluding diaryl/α,β-unsaturated/α-hetero) is 1. The van der Waals surface area contributed by atoms with Crippen molar-refractivity contribution in [3.05, 3.63) is 76.0 Å². The highest BCUT2D eigenvalue weighted by atomic mass is 32.1. The second kappa shape index (κ2) is 8.31. The van der Waals surface area contributed by atoms with Crippen molar-refractivity contribution in [3.8, 4) is 11.5 Å². The number of thiophene rings is 1. The quantitative estimate of drug-likeness (QED) is 0.504. The van der Waals surface area contributed by atoms with Gasteiger partial charge in [-0.2, -0.15) is 0 Å². The van der Waals surface area contributed by atoms with Crippen LogP contribution in [0.2, 0.25) is 0 Å². The molecule has 2 aliphatic heterocycles. The first kappa shape index (κ1) is 21.7. The molecule has 3 aromatic rings. The molecule has 172 valence electrons. The van der Waals surface area contributed by atoms with Crippen LogP contribution in [0.5, 0.6) is 11.5 Å². The number of hydrogen-bond donors (Lipinski definition) is 2. The molecular formula is C24H19N3O6S. The lowest BCUT2D eigenvalue weighted by molar-refractivity contribution is -0.140. The molecule has 2 amide bonds. The van der Waals surface area contributed by atoms with E-state index in [1.165, 1.54) is 18.4 Å². The summed E-state index contributed by atoms with van der Waals surface area (Å²) in [4.78, 5) is 44.5. The maximum atomic E-state index is 13.8. The van der Waals surface area contributed by atoms with Gasteiger partial charge in [0.05, 0.1) is 12.0 Å². The second-order valence-corrected chi connectivity index (χ2v) is 8.65. The summed E-state index contributed by atoms with van der Waals surface area (Å²) in [5.41, 5.74) is 5.43. The van der Waals surface area contributed by atoms with E-state index in [-0.39, 0.29) is 18.1 Å². The number of carbonyl (C=O) groups is 3. The van der Waals surface area contributed by atoms with E-state index >= 15 is 0 Å². The number of nitrogens with two attached hydrogens (primary N) is 1. The molecule has 2 aliphatic rings. The molecule has 0 fully saturated rings. The number of ether oxygens (including phenoxy) is 2. The van der Waals surface area contributed by atoms with Gasteiger partial charge in [0.2, 0.25) is 0 Å². The van der Waals surface area contributed by atoms with E-state index in [4.69, 9.17) is 20.0 Å². The van der Waals surface area contributed by atoms with E-state index in [1.807, 2.05) is 0 Å². The van der Waals surface area contributed by atoms with Crippen molar-refractivity contribution in [2.24, 2.45) is 16.8 Å². The molecule has 3 N–H and O–H groups in total. The number of benzene rings is 2. The first-order chi connectivity index (χ1) is 16.5. The van der Waals surface area contributed by atoms with E-state index < -0.39 is 23.3 Å². The van der Waals surface area contributed by atoms with Crippen molar-refractivity contribution in [2.75, 3.05) is 19.0 Å². The summed E-state index contributed by atoms with van der Waals surface area (Å²) in [5.74, 6) is -1.82. The van der Waals surface area contributed by atoms with Gasteiger partial charge in [-0.3, -0.25) is 14.4 Å². The molecule has 2 atom stereocenters. The van der Waals surface area contributed by atoms with Crippen LogP contribution in [-0.2, 0) is 20.0 Å². The summed E-state index contributed by atoms with van der Waals surface area (Å²) in [6.45, 7) is -0.320. The zero-order chi connectivity index (χ0) is 23.9. The standard InChI is InChI=1S/C24H19N3O6S/c1-31-17-11-13(8-9-16(17)32-12-19(25)28)21-20(22(29)18-7-4-10-34-18)24(33-27-21)14-5-2-3-6-15(14)26-23(24)30/h2-11,20H,12H2,1H3,(H2,25,28)(H,26,30)/t20-,24+/m0/s1. The number of rotatable bonds is 7. The first-order valence-corrected chi connectivity index (χ1v) is 11.2. The summed E-state index contributed by atoms with van der Waals surface area (Å²) in [6, 6.07) is 15.4. The Hall–Kier alpha value is -4.18. The highest BCUT2D eigenvalue weighted by Crippen LogP contribution is 2.50. The molecule has 0 bridgehead atoms. The van der Waals surface area contributed by atoms with Crippen molar-refractivity contribution in [1.29, 1.82) is 0 Å². The van der Waals surface area contributed by atoms with Gasteiger partial charge in [-0.05, 0) is 35.7 Å². The average Bonchev–Trinajstić information content (AvgIpc) is 3.57. The van der Waals surface area contributed by atoms with Crippen LogP contribution in [0.4, 0.5) is 5.69 Å². The highest BCUT2D eigenvalue weighted by Gasteiger charge is 2.63. The number of oxime groups is 1. The SMILES string of the molecule is COc1cc(C2=NO[C@@]3(C(=O)Nc4ccccc43)[C@@H]2C(=O)c2cccs2)ccc1OCC(N)=O. The van der Waals surface area contributed by atoms with Gasteiger partial charge in [-0.15, -0.1) is 11.3 Å². The zero-order valence-electron chi connectivity index (χ0n) is 17.9. The lowest BCUT2D eigenvalue weighted by Gasteiger charge is -2.26. The average molecular weight is 477 g/mol. The summed E-state index contributed by atoms with van der Waals surface area (Å²) >= 11 is 1.28. The molecule has 2 aromatic carbocycles. The maximum absolute atomic E-state index is 13.8. The number of ketones is 1. The monoisotopic (exact) mass is 477 g/mol. The van der Waals surface area contributed by atoms with E-state index in [0.29, 0.717) is 33.2 Å². The number of amides is 2. The van der Waals surface area contributed by atoms with Crippen molar-refractivity contribution >= 4 is 40.3 Å². The lowest BCUT2D eigenvalue weighted by Crippen LogP contribution is -2.46. The Kier molecular flexibility index (Phi) is 5.29. The van der Waals surface area contributed by atoms with E-state index in [0.717, 1.165) is 0 Å². The Morgan fingerprint density at radius 2 is 2.00 bits per heavy atom. The maximum Gasteiger partial charge on any atom is 0.277 e. The predicted molar refractivity (Wildman–Crippen MR) is 124 cm³/mol. The number of anilines is 1. The minimum Gasteiger partial charge on any atom is -0.493 e. The number of nitrogens with one attached hydrogen (secondary N) is 1. The third kappa shape index (κ3) is 3.30. The summed E-state index contributed by atoms with van der Waals surface area (Å²) in [5, 5.41) is 8.86. The third-order valence-corrected chi connectivity index (χ3v) is 6.62. The van der Waals surface area contributed by atoms with Gasteiger partial charge >= 0.3 is 0 Å². The summed E-state index contributed by atoms with van der Waals surface area (Å²) in [6.07, 6.45) is 0. The minimum absolute atomic E-state index is 0.282. The van der Waals surface area contributed by atoms with Gasteiger partial charge in [0.15, 0.2) is 23.9 Å². The third-order valence-electron chi connectivity index (χ3n) is 5.74. The van der Waals surface area contributed by atoms with Crippen LogP contribution in [-0.4, -0.2) is 37.0 Å². The lowest BCUT2D eigenvalue weighted by atomic mass is 9.75. The van der Waals surface area contributed by atoms with Crippen LogP contribution >= 0.6 is 11.3 Å². The van der Waals surface area contributed by atoms with Gasteiger partial charge in [0.25, 0.3) is 17.4 Å².